The summed E-state index contributed by atoms with van der Waals surface area (Å²) in [5, 5.41) is 1.21. The summed E-state index contributed by atoms with van der Waals surface area (Å²) < 4.78 is 0. The zero-order valence-electron chi connectivity index (χ0n) is 8.12. The van der Waals surface area contributed by atoms with Crippen LogP contribution in [0.1, 0.15) is 0 Å². The number of nitrogens with zero attached hydrogens (tertiary/aromatic N) is 1. The van der Waals surface area contributed by atoms with Crippen molar-refractivity contribution in [2.24, 2.45) is 0 Å². The number of H-pyrrole nitrogens is 1. The fraction of sp³-hybridized carbons (Fsp3) is 0.167. The van der Waals surface area contributed by atoms with Gasteiger partial charge in [0.25, 0.3) is 0 Å². The van der Waals surface area contributed by atoms with Crippen LogP contribution in [0.25, 0.3) is 10.9 Å². The first-order valence-electron chi connectivity index (χ1n) is 4.53. The lowest BCUT2D eigenvalue weighted by molar-refractivity contribution is 1.02. The molecular formula is C12H12N2. The molecule has 2 aromatic rings. The van der Waals surface area contributed by atoms with E-state index in [1.165, 1.54) is 5.39 Å². The van der Waals surface area contributed by atoms with E-state index in [0.717, 1.165) is 11.3 Å². The molecule has 0 bridgehead atoms. The molecule has 1 aromatic heterocycles. The van der Waals surface area contributed by atoms with Gasteiger partial charge in [-0.05, 0) is 12.1 Å². The van der Waals surface area contributed by atoms with Crippen LogP contribution >= 0.6 is 0 Å². The van der Waals surface area contributed by atoms with Gasteiger partial charge in [-0.25, -0.2) is 0 Å². The highest BCUT2D eigenvalue weighted by molar-refractivity contribution is 5.83. The van der Waals surface area contributed by atoms with Crippen molar-refractivity contribution in [3.63, 3.8) is 0 Å². The summed E-state index contributed by atoms with van der Waals surface area (Å²) in [7, 11) is 1.98. The summed E-state index contributed by atoms with van der Waals surface area (Å²) in [5.41, 5.74) is 1.14. The summed E-state index contributed by atoms with van der Waals surface area (Å²) in [6, 6.07) is 10.3. The number of aromatic nitrogens is 1. The Kier molecular flexibility index (Phi) is 2.16. The Morgan fingerprint density at radius 1 is 1.43 bits per heavy atom. The summed E-state index contributed by atoms with van der Waals surface area (Å²) in [5.74, 6) is 3.68. The molecule has 0 aliphatic heterocycles. The molecule has 1 heterocycles. The van der Waals surface area contributed by atoms with Crippen molar-refractivity contribution in [2.75, 3.05) is 18.5 Å². The van der Waals surface area contributed by atoms with Gasteiger partial charge >= 0.3 is 0 Å². The highest BCUT2D eigenvalue weighted by Gasteiger charge is 2.02. The van der Waals surface area contributed by atoms with E-state index in [4.69, 9.17) is 6.42 Å². The number of hydrogen-bond donors (Lipinski definition) is 1. The minimum absolute atomic E-state index is 0.618. The lowest BCUT2D eigenvalue weighted by atomic mass is 10.2. The van der Waals surface area contributed by atoms with Crippen LogP contribution in [-0.2, 0) is 0 Å². The standard InChI is InChI=1S/C12H12N2/c1-3-8-14(2)12-9-10-6-4-5-7-11(10)13-12/h1,4-7,9,13H,8H2,2H3. The number of nitrogens with one attached hydrogen (secondary N) is 1. The largest absolute Gasteiger partial charge is 0.350 e. The van der Waals surface area contributed by atoms with Crippen molar-refractivity contribution in [1.82, 2.24) is 4.98 Å². The van der Waals surface area contributed by atoms with E-state index in [0.29, 0.717) is 6.54 Å². The first kappa shape index (κ1) is 8.71. The number of benzene rings is 1. The Morgan fingerprint density at radius 3 is 2.93 bits per heavy atom. The molecule has 0 spiro atoms. The lowest BCUT2D eigenvalue weighted by Crippen LogP contribution is -2.16. The molecule has 0 unspecified atom stereocenters. The minimum atomic E-state index is 0.618. The van der Waals surface area contributed by atoms with Gasteiger partial charge in [-0.2, -0.15) is 0 Å². The topological polar surface area (TPSA) is 19.0 Å². The maximum absolute atomic E-state index is 5.26. The molecule has 70 valence electrons. The second-order valence-electron chi connectivity index (χ2n) is 3.30. The monoisotopic (exact) mass is 184 g/mol. The fourth-order valence-corrected chi connectivity index (χ4v) is 1.49. The summed E-state index contributed by atoms with van der Waals surface area (Å²) in [6.07, 6.45) is 5.26. The van der Waals surface area contributed by atoms with E-state index in [1.54, 1.807) is 0 Å². The van der Waals surface area contributed by atoms with Crippen molar-refractivity contribution in [3.8, 4) is 12.3 Å². The lowest BCUT2D eigenvalue weighted by Gasteiger charge is -2.12. The van der Waals surface area contributed by atoms with Crippen LogP contribution in [0.4, 0.5) is 5.82 Å². The zero-order valence-corrected chi connectivity index (χ0v) is 8.12. The van der Waals surface area contributed by atoms with Gasteiger partial charge < -0.3 is 9.88 Å². The summed E-state index contributed by atoms with van der Waals surface area (Å²) in [6.45, 7) is 0.618. The maximum atomic E-state index is 5.26. The van der Waals surface area contributed by atoms with E-state index < -0.39 is 0 Å². The second kappa shape index (κ2) is 3.47. The molecule has 0 fully saturated rings. The van der Waals surface area contributed by atoms with E-state index in [-0.39, 0.29) is 0 Å². The predicted molar refractivity (Wildman–Crippen MR) is 60.4 cm³/mol. The Bertz CT molecular complexity index is 443. The molecule has 0 saturated heterocycles. The van der Waals surface area contributed by atoms with Crippen LogP contribution in [0.15, 0.2) is 30.3 Å². The Balaban J connectivity index is 2.41. The van der Waals surface area contributed by atoms with Gasteiger partial charge in [0.1, 0.15) is 5.82 Å². The third kappa shape index (κ3) is 1.45. The molecule has 2 heteroatoms. The predicted octanol–water partition coefficient (Wildman–Crippen LogP) is 2.24. The highest BCUT2D eigenvalue weighted by Crippen LogP contribution is 2.20. The van der Waals surface area contributed by atoms with Gasteiger partial charge in [-0.3, -0.25) is 0 Å². The van der Waals surface area contributed by atoms with Crippen molar-refractivity contribution < 1.29 is 0 Å². The van der Waals surface area contributed by atoms with Gasteiger partial charge in [-0.15, -0.1) is 6.42 Å². The van der Waals surface area contributed by atoms with E-state index in [1.807, 2.05) is 24.1 Å². The average molecular weight is 184 g/mol. The van der Waals surface area contributed by atoms with E-state index >= 15 is 0 Å². The molecule has 0 amide bonds. The number of fused-ring (bicyclic) bond motifs is 1. The first-order chi connectivity index (χ1) is 6.81. The smallest absolute Gasteiger partial charge is 0.107 e. The summed E-state index contributed by atoms with van der Waals surface area (Å²) in [4.78, 5) is 5.32. The molecule has 0 aliphatic carbocycles. The minimum Gasteiger partial charge on any atom is -0.350 e. The van der Waals surface area contributed by atoms with Crippen LogP contribution in [0.2, 0.25) is 0 Å². The molecule has 2 nitrogen and oxygen atoms in total. The van der Waals surface area contributed by atoms with Crippen LogP contribution in [0.3, 0.4) is 0 Å². The molecule has 0 aliphatic rings. The third-order valence-corrected chi connectivity index (χ3v) is 2.26. The van der Waals surface area contributed by atoms with Crippen molar-refractivity contribution in [1.29, 1.82) is 0 Å². The van der Waals surface area contributed by atoms with Crippen LogP contribution in [0.5, 0.6) is 0 Å². The normalized spacial score (nSPS) is 10.0. The third-order valence-electron chi connectivity index (χ3n) is 2.26. The van der Waals surface area contributed by atoms with Gasteiger partial charge in [0.05, 0.1) is 6.54 Å². The molecule has 14 heavy (non-hydrogen) atoms. The molecule has 0 atom stereocenters. The molecular weight excluding hydrogens is 172 g/mol. The van der Waals surface area contributed by atoms with Gasteiger partial charge in [0, 0.05) is 18.0 Å². The average Bonchev–Trinajstić information content (AvgIpc) is 2.61. The number of para-hydroxylation sites is 1. The van der Waals surface area contributed by atoms with Crippen LogP contribution in [-0.4, -0.2) is 18.6 Å². The Hall–Kier alpha value is -1.88. The van der Waals surface area contributed by atoms with Gasteiger partial charge in [-0.1, -0.05) is 24.1 Å². The number of hydrogen-bond acceptors (Lipinski definition) is 1. The number of rotatable bonds is 2. The molecule has 1 aromatic carbocycles. The Morgan fingerprint density at radius 2 is 2.21 bits per heavy atom. The molecule has 1 N–H and O–H groups in total. The first-order valence-corrected chi connectivity index (χ1v) is 4.53. The van der Waals surface area contributed by atoms with Gasteiger partial charge in [0.15, 0.2) is 0 Å². The van der Waals surface area contributed by atoms with Crippen LogP contribution in [0, 0.1) is 12.3 Å². The number of terminal acetylenes is 1. The molecule has 0 radical (unpaired) electrons. The van der Waals surface area contributed by atoms with Crippen molar-refractivity contribution >= 4 is 16.7 Å². The van der Waals surface area contributed by atoms with Crippen molar-refractivity contribution in [2.45, 2.75) is 0 Å². The van der Waals surface area contributed by atoms with E-state index in [9.17, 15) is 0 Å². The maximum Gasteiger partial charge on any atom is 0.107 e. The number of aromatic amines is 1. The van der Waals surface area contributed by atoms with Gasteiger partial charge in [0.2, 0.25) is 0 Å². The van der Waals surface area contributed by atoms with Crippen molar-refractivity contribution in [3.05, 3.63) is 30.3 Å². The van der Waals surface area contributed by atoms with Crippen LogP contribution < -0.4 is 4.90 Å². The zero-order chi connectivity index (χ0) is 9.97. The van der Waals surface area contributed by atoms with E-state index in [2.05, 4.69) is 29.1 Å². The Labute approximate surface area is 83.5 Å². The highest BCUT2D eigenvalue weighted by atomic mass is 15.2. The quantitative estimate of drug-likeness (QED) is 0.709. The SMILES string of the molecule is C#CCN(C)c1cc2ccccc2[nH]1. The fourth-order valence-electron chi connectivity index (χ4n) is 1.49. The molecule has 2 rings (SSSR count). The summed E-state index contributed by atoms with van der Waals surface area (Å²) >= 11 is 0. The molecule has 0 saturated carbocycles. The number of anilines is 1. The second-order valence-corrected chi connectivity index (χ2v) is 3.30.